The number of hydrogen-bond acceptors (Lipinski definition) is 4. The van der Waals surface area contributed by atoms with Crippen LogP contribution in [0, 0.1) is 23.7 Å². The number of aromatic nitrogens is 2. The molecule has 0 unspecified atom stereocenters. The molecule has 0 amide bonds. The second-order valence-corrected chi connectivity index (χ2v) is 3.11. The molecule has 1 aromatic heterocycles. The predicted octanol–water partition coefficient (Wildman–Crippen LogP) is 1.55. The minimum absolute atomic E-state index is 0.258. The van der Waals surface area contributed by atoms with Crippen molar-refractivity contribution in [2.75, 3.05) is 11.9 Å². The van der Waals surface area contributed by atoms with E-state index < -0.39 is 0 Å². The van der Waals surface area contributed by atoms with Gasteiger partial charge in [0.05, 0.1) is 17.7 Å². The topological polar surface area (TPSA) is 61.6 Å². The molecular weight excluding hydrogens is 200 g/mol. The number of rotatable bonds is 2. The van der Waals surface area contributed by atoms with Crippen molar-refractivity contribution < 1.29 is 0 Å². The SMILES string of the molecule is C#CCNc1c(C#N)nnc2ccccc12. The number of terminal acetylenes is 1. The monoisotopic (exact) mass is 208 g/mol. The molecular formula is C12H8N4. The summed E-state index contributed by atoms with van der Waals surface area (Å²) in [6.07, 6.45) is 5.18. The average Bonchev–Trinajstić information content (AvgIpc) is 2.35. The summed E-state index contributed by atoms with van der Waals surface area (Å²) in [5, 5.41) is 20.6. The summed E-state index contributed by atoms with van der Waals surface area (Å²) in [5.41, 5.74) is 1.64. The third-order valence-electron chi connectivity index (χ3n) is 2.14. The van der Waals surface area contributed by atoms with Gasteiger partial charge in [-0.15, -0.1) is 16.6 Å². The lowest BCUT2D eigenvalue weighted by Gasteiger charge is -2.07. The summed E-state index contributed by atoms with van der Waals surface area (Å²) in [7, 11) is 0. The molecule has 0 aliphatic heterocycles. The predicted molar refractivity (Wildman–Crippen MR) is 61.6 cm³/mol. The fourth-order valence-corrected chi connectivity index (χ4v) is 1.45. The highest BCUT2D eigenvalue weighted by Crippen LogP contribution is 2.23. The van der Waals surface area contributed by atoms with E-state index in [0.717, 1.165) is 10.9 Å². The Morgan fingerprint density at radius 3 is 2.88 bits per heavy atom. The first-order valence-corrected chi connectivity index (χ1v) is 4.69. The van der Waals surface area contributed by atoms with Crippen molar-refractivity contribution in [1.29, 1.82) is 5.26 Å². The van der Waals surface area contributed by atoms with E-state index in [-0.39, 0.29) is 5.69 Å². The van der Waals surface area contributed by atoms with Crippen molar-refractivity contribution in [1.82, 2.24) is 10.2 Å². The quantitative estimate of drug-likeness (QED) is 0.760. The van der Waals surface area contributed by atoms with E-state index in [1.54, 1.807) is 0 Å². The van der Waals surface area contributed by atoms with Crippen LogP contribution in [0.1, 0.15) is 5.69 Å². The number of nitrogens with zero attached hydrogens (tertiary/aromatic N) is 3. The molecule has 0 saturated heterocycles. The second-order valence-electron chi connectivity index (χ2n) is 3.11. The molecule has 0 aliphatic rings. The average molecular weight is 208 g/mol. The summed E-state index contributed by atoms with van der Waals surface area (Å²) < 4.78 is 0. The van der Waals surface area contributed by atoms with Gasteiger partial charge < -0.3 is 5.32 Å². The van der Waals surface area contributed by atoms with Crippen LogP contribution in [-0.4, -0.2) is 16.7 Å². The number of anilines is 1. The maximum absolute atomic E-state index is 8.93. The molecule has 0 spiro atoms. The summed E-state index contributed by atoms with van der Waals surface area (Å²) in [4.78, 5) is 0. The molecule has 1 N–H and O–H groups in total. The maximum atomic E-state index is 8.93. The summed E-state index contributed by atoms with van der Waals surface area (Å²) in [6, 6.07) is 9.46. The zero-order valence-corrected chi connectivity index (χ0v) is 8.44. The van der Waals surface area contributed by atoms with E-state index in [0.29, 0.717) is 12.2 Å². The molecule has 2 rings (SSSR count). The van der Waals surface area contributed by atoms with E-state index in [2.05, 4.69) is 21.4 Å². The Bertz CT molecular complexity index is 604. The highest BCUT2D eigenvalue weighted by molar-refractivity contribution is 5.92. The summed E-state index contributed by atoms with van der Waals surface area (Å²) >= 11 is 0. The number of benzene rings is 1. The van der Waals surface area contributed by atoms with Gasteiger partial charge in [-0.25, -0.2) is 0 Å². The van der Waals surface area contributed by atoms with Crippen LogP contribution >= 0.6 is 0 Å². The number of nitriles is 1. The van der Waals surface area contributed by atoms with Gasteiger partial charge in [-0.1, -0.05) is 24.1 Å². The minimum atomic E-state index is 0.258. The molecule has 0 radical (unpaired) electrons. The zero-order valence-electron chi connectivity index (χ0n) is 8.44. The molecule has 0 atom stereocenters. The molecule has 0 bridgehead atoms. The molecule has 0 fully saturated rings. The Labute approximate surface area is 92.9 Å². The largest absolute Gasteiger partial charge is 0.371 e. The van der Waals surface area contributed by atoms with Crippen LogP contribution in [-0.2, 0) is 0 Å². The van der Waals surface area contributed by atoms with E-state index in [4.69, 9.17) is 11.7 Å². The lowest BCUT2D eigenvalue weighted by atomic mass is 10.1. The lowest BCUT2D eigenvalue weighted by Crippen LogP contribution is -2.04. The highest BCUT2D eigenvalue weighted by atomic mass is 15.1. The van der Waals surface area contributed by atoms with Crippen molar-refractivity contribution >= 4 is 16.6 Å². The van der Waals surface area contributed by atoms with Crippen molar-refractivity contribution in [3.63, 3.8) is 0 Å². The van der Waals surface area contributed by atoms with E-state index in [9.17, 15) is 0 Å². The Morgan fingerprint density at radius 2 is 2.12 bits per heavy atom. The summed E-state index contributed by atoms with van der Waals surface area (Å²) in [5.74, 6) is 2.46. The first-order chi connectivity index (χ1) is 7.86. The Kier molecular flexibility index (Phi) is 2.67. The van der Waals surface area contributed by atoms with Crippen LogP contribution in [0.4, 0.5) is 5.69 Å². The van der Waals surface area contributed by atoms with Crippen LogP contribution in [0.5, 0.6) is 0 Å². The van der Waals surface area contributed by atoms with Gasteiger partial charge in [0.15, 0.2) is 5.69 Å². The van der Waals surface area contributed by atoms with Crippen molar-refractivity contribution in [2.45, 2.75) is 0 Å². The van der Waals surface area contributed by atoms with Gasteiger partial charge in [0.1, 0.15) is 6.07 Å². The van der Waals surface area contributed by atoms with Crippen LogP contribution in [0.25, 0.3) is 10.9 Å². The van der Waals surface area contributed by atoms with Crippen molar-refractivity contribution in [3.05, 3.63) is 30.0 Å². The van der Waals surface area contributed by atoms with Gasteiger partial charge in [-0.2, -0.15) is 5.26 Å². The van der Waals surface area contributed by atoms with Crippen LogP contribution < -0.4 is 5.32 Å². The van der Waals surface area contributed by atoms with Crippen LogP contribution in [0.3, 0.4) is 0 Å². The molecule has 0 aliphatic carbocycles. The normalized spacial score (nSPS) is 9.38. The molecule has 1 aromatic carbocycles. The van der Waals surface area contributed by atoms with Crippen LogP contribution in [0.2, 0.25) is 0 Å². The lowest BCUT2D eigenvalue weighted by molar-refractivity contribution is 1.05. The summed E-state index contributed by atoms with van der Waals surface area (Å²) in [6.45, 7) is 0.352. The molecule has 16 heavy (non-hydrogen) atoms. The molecule has 4 heteroatoms. The molecule has 76 valence electrons. The smallest absolute Gasteiger partial charge is 0.186 e. The van der Waals surface area contributed by atoms with Gasteiger partial charge >= 0.3 is 0 Å². The fourth-order valence-electron chi connectivity index (χ4n) is 1.45. The number of hydrogen-bond donors (Lipinski definition) is 1. The van der Waals surface area contributed by atoms with Gasteiger partial charge in [0.25, 0.3) is 0 Å². The Morgan fingerprint density at radius 1 is 1.31 bits per heavy atom. The van der Waals surface area contributed by atoms with E-state index in [1.165, 1.54) is 0 Å². The zero-order chi connectivity index (χ0) is 11.4. The Hall–Kier alpha value is -2.59. The molecule has 0 saturated carbocycles. The standard InChI is InChI=1S/C12H8N4/c1-2-7-14-12-9-5-3-4-6-10(9)15-16-11(12)8-13/h1,3-6H,7H2,(H,14,15). The first kappa shape index (κ1) is 9.95. The maximum Gasteiger partial charge on any atom is 0.186 e. The third-order valence-corrected chi connectivity index (χ3v) is 2.14. The second kappa shape index (κ2) is 4.29. The third kappa shape index (κ3) is 1.65. The van der Waals surface area contributed by atoms with Gasteiger partial charge in [-0.3, -0.25) is 0 Å². The number of nitrogens with one attached hydrogen (secondary N) is 1. The molecule has 1 heterocycles. The first-order valence-electron chi connectivity index (χ1n) is 4.69. The minimum Gasteiger partial charge on any atom is -0.371 e. The van der Waals surface area contributed by atoms with Gasteiger partial charge in [0, 0.05) is 5.39 Å². The van der Waals surface area contributed by atoms with Gasteiger partial charge in [-0.05, 0) is 6.07 Å². The molecule has 2 aromatic rings. The van der Waals surface area contributed by atoms with Crippen LogP contribution in [0.15, 0.2) is 24.3 Å². The fraction of sp³-hybridized carbons (Fsp3) is 0.0833. The van der Waals surface area contributed by atoms with Gasteiger partial charge in [0.2, 0.25) is 0 Å². The van der Waals surface area contributed by atoms with Crippen molar-refractivity contribution in [2.24, 2.45) is 0 Å². The Balaban J connectivity index is 2.65. The van der Waals surface area contributed by atoms with Crippen molar-refractivity contribution in [3.8, 4) is 18.4 Å². The highest BCUT2D eigenvalue weighted by Gasteiger charge is 2.08. The number of fused-ring (bicyclic) bond motifs is 1. The van der Waals surface area contributed by atoms with E-state index >= 15 is 0 Å². The molecule has 4 nitrogen and oxygen atoms in total. The van der Waals surface area contributed by atoms with E-state index in [1.807, 2.05) is 30.3 Å².